The Morgan fingerprint density at radius 3 is 2.60 bits per heavy atom. The van der Waals surface area contributed by atoms with Crippen LogP contribution in [0.1, 0.15) is 23.2 Å². The number of rotatable bonds is 4. The Hall–Kier alpha value is -1.44. The molecule has 0 radical (unpaired) electrons. The summed E-state index contributed by atoms with van der Waals surface area (Å²) in [7, 11) is -2.36. The molecule has 20 heavy (non-hydrogen) atoms. The SMILES string of the molecule is COC(=O)c1ccc(S(=O)(=O)N2CCCC2CO)cc1. The molecular weight excluding hydrogens is 282 g/mol. The lowest BCUT2D eigenvalue weighted by molar-refractivity contribution is 0.0600. The average molecular weight is 299 g/mol. The highest BCUT2D eigenvalue weighted by Gasteiger charge is 2.34. The van der Waals surface area contributed by atoms with Gasteiger partial charge in [0.2, 0.25) is 10.0 Å². The van der Waals surface area contributed by atoms with E-state index in [4.69, 9.17) is 0 Å². The van der Waals surface area contributed by atoms with Crippen molar-refractivity contribution >= 4 is 16.0 Å². The largest absolute Gasteiger partial charge is 0.465 e. The quantitative estimate of drug-likeness (QED) is 0.824. The van der Waals surface area contributed by atoms with Crippen LogP contribution in [0.2, 0.25) is 0 Å². The third-order valence-corrected chi connectivity index (χ3v) is 5.38. The second-order valence-electron chi connectivity index (χ2n) is 4.61. The van der Waals surface area contributed by atoms with Gasteiger partial charge in [0.15, 0.2) is 0 Å². The lowest BCUT2D eigenvalue weighted by Crippen LogP contribution is -2.37. The first kappa shape index (κ1) is 15.0. The van der Waals surface area contributed by atoms with Gasteiger partial charge in [0, 0.05) is 12.6 Å². The summed E-state index contributed by atoms with van der Waals surface area (Å²) < 4.78 is 30.8. The molecule has 110 valence electrons. The zero-order chi connectivity index (χ0) is 14.8. The van der Waals surface area contributed by atoms with Gasteiger partial charge in [0.25, 0.3) is 0 Å². The average Bonchev–Trinajstić information content (AvgIpc) is 2.95. The minimum Gasteiger partial charge on any atom is -0.465 e. The first-order valence-corrected chi connectivity index (χ1v) is 7.76. The highest BCUT2D eigenvalue weighted by molar-refractivity contribution is 7.89. The fourth-order valence-electron chi connectivity index (χ4n) is 2.32. The van der Waals surface area contributed by atoms with Gasteiger partial charge in [-0.2, -0.15) is 4.31 Å². The molecule has 1 atom stereocenters. The lowest BCUT2D eigenvalue weighted by atomic mass is 10.2. The minimum absolute atomic E-state index is 0.116. The van der Waals surface area contributed by atoms with Crippen molar-refractivity contribution in [3.63, 3.8) is 0 Å². The Balaban J connectivity index is 2.28. The molecule has 6 nitrogen and oxygen atoms in total. The van der Waals surface area contributed by atoms with E-state index >= 15 is 0 Å². The molecule has 1 unspecified atom stereocenters. The number of benzene rings is 1. The van der Waals surface area contributed by atoms with Gasteiger partial charge in [0.1, 0.15) is 0 Å². The Kier molecular flexibility index (Phi) is 4.42. The summed E-state index contributed by atoms with van der Waals surface area (Å²) in [6, 6.07) is 5.24. The smallest absolute Gasteiger partial charge is 0.337 e. The molecule has 1 aliphatic rings. The minimum atomic E-state index is -3.63. The Morgan fingerprint density at radius 2 is 2.05 bits per heavy atom. The zero-order valence-corrected chi connectivity index (χ0v) is 12.0. The predicted molar refractivity (Wildman–Crippen MR) is 71.8 cm³/mol. The van der Waals surface area contributed by atoms with Crippen molar-refractivity contribution in [2.45, 2.75) is 23.8 Å². The number of carbonyl (C=O) groups excluding carboxylic acids is 1. The molecule has 7 heteroatoms. The second-order valence-corrected chi connectivity index (χ2v) is 6.50. The summed E-state index contributed by atoms with van der Waals surface area (Å²) in [4.78, 5) is 11.4. The summed E-state index contributed by atoms with van der Waals surface area (Å²) in [5, 5.41) is 9.23. The van der Waals surface area contributed by atoms with E-state index in [9.17, 15) is 18.3 Å². The fourth-order valence-corrected chi connectivity index (χ4v) is 4.01. The molecule has 0 aromatic heterocycles. The van der Waals surface area contributed by atoms with Gasteiger partial charge in [-0.3, -0.25) is 0 Å². The van der Waals surface area contributed by atoms with Crippen molar-refractivity contribution in [1.29, 1.82) is 0 Å². The van der Waals surface area contributed by atoms with E-state index < -0.39 is 16.0 Å². The van der Waals surface area contributed by atoms with Crippen molar-refractivity contribution in [3.05, 3.63) is 29.8 Å². The molecule has 0 aliphatic carbocycles. The number of hydrogen-bond donors (Lipinski definition) is 1. The van der Waals surface area contributed by atoms with Gasteiger partial charge >= 0.3 is 5.97 Å². The van der Waals surface area contributed by atoms with E-state index in [0.717, 1.165) is 6.42 Å². The molecule has 1 aromatic carbocycles. The normalized spacial score (nSPS) is 20.0. The standard InChI is InChI=1S/C13H17NO5S/c1-19-13(16)10-4-6-12(7-5-10)20(17,18)14-8-2-3-11(14)9-15/h4-7,11,15H,2-3,8-9H2,1H3. The number of carbonyl (C=O) groups is 1. The molecule has 1 heterocycles. The number of esters is 1. The maximum atomic E-state index is 12.5. The van der Waals surface area contributed by atoms with E-state index in [1.807, 2.05) is 0 Å². The topological polar surface area (TPSA) is 83.9 Å². The first-order valence-electron chi connectivity index (χ1n) is 6.32. The third-order valence-electron chi connectivity index (χ3n) is 3.42. The molecule has 2 rings (SSSR count). The Bertz CT molecular complexity index is 581. The number of aliphatic hydroxyl groups is 1. The molecule has 1 aliphatic heterocycles. The van der Waals surface area contributed by atoms with Crippen LogP contribution >= 0.6 is 0 Å². The molecule has 1 fully saturated rings. The molecule has 1 N–H and O–H groups in total. The lowest BCUT2D eigenvalue weighted by Gasteiger charge is -2.22. The number of aliphatic hydroxyl groups excluding tert-OH is 1. The molecule has 1 aromatic rings. The van der Waals surface area contributed by atoms with Crippen molar-refractivity contribution in [2.24, 2.45) is 0 Å². The highest BCUT2D eigenvalue weighted by atomic mass is 32.2. The van der Waals surface area contributed by atoms with Crippen LogP contribution in [0.4, 0.5) is 0 Å². The summed E-state index contributed by atoms with van der Waals surface area (Å²) >= 11 is 0. The van der Waals surface area contributed by atoms with Crippen LogP contribution in [0.5, 0.6) is 0 Å². The van der Waals surface area contributed by atoms with E-state index in [0.29, 0.717) is 18.5 Å². The molecule has 0 bridgehead atoms. The molecule has 0 saturated carbocycles. The van der Waals surface area contributed by atoms with Gasteiger partial charge < -0.3 is 9.84 Å². The highest BCUT2D eigenvalue weighted by Crippen LogP contribution is 2.25. The van der Waals surface area contributed by atoms with E-state index in [-0.39, 0.29) is 17.5 Å². The van der Waals surface area contributed by atoms with Gasteiger partial charge in [-0.1, -0.05) is 0 Å². The van der Waals surface area contributed by atoms with E-state index in [1.165, 1.54) is 35.7 Å². The molecule has 0 spiro atoms. The second kappa shape index (κ2) is 5.90. The molecular formula is C13H17NO5S. The van der Waals surface area contributed by atoms with Gasteiger partial charge in [0.05, 0.1) is 24.2 Å². The summed E-state index contributed by atoms with van der Waals surface area (Å²) in [6.45, 7) is 0.228. The third kappa shape index (κ3) is 2.70. The van der Waals surface area contributed by atoms with E-state index in [2.05, 4.69) is 4.74 Å². The zero-order valence-electron chi connectivity index (χ0n) is 11.2. The maximum Gasteiger partial charge on any atom is 0.337 e. The maximum absolute atomic E-state index is 12.5. The Morgan fingerprint density at radius 1 is 1.40 bits per heavy atom. The first-order chi connectivity index (χ1) is 9.50. The monoisotopic (exact) mass is 299 g/mol. The fraction of sp³-hybridized carbons (Fsp3) is 0.462. The van der Waals surface area contributed by atoms with Crippen molar-refractivity contribution in [3.8, 4) is 0 Å². The van der Waals surface area contributed by atoms with Crippen molar-refractivity contribution in [1.82, 2.24) is 4.31 Å². The van der Waals surface area contributed by atoms with Crippen molar-refractivity contribution in [2.75, 3.05) is 20.3 Å². The van der Waals surface area contributed by atoms with Crippen LogP contribution in [0.15, 0.2) is 29.2 Å². The van der Waals surface area contributed by atoms with Crippen LogP contribution in [0.3, 0.4) is 0 Å². The number of sulfonamides is 1. The predicted octanol–water partition coefficient (Wildman–Crippen LogP) is 0.619. The molecule has 1 saturated heterocycles. The number of ether oxygens (including phenoxy) is 1. The van der Waals surface area contributed by atoms with Crippen molar-refractivity contribution < 1.29 is 23.1 Å². The van der Waals surface area contributed by atoms with Gasteiger partial charge in [-0.05, 0) is 37.1 Å². The van der Waals surface area contributed by atoms with Crippen LogP contribution in [-0.4, -0.2) is 50.1 Å². The Labute approximate surface area is 118 Å². The summed E-state index contributed by atoms with van der Waals surface area (Å²) in [6.07, 6.45) is 1.40. The van der Waals surface area contributed by atoms with Crippen LogP contribution < -0.4 is 0 Å². The summed E-state index contributed by atoms with van der Waals surface area (Å²) in [5.41, 5.74) is 0.298. The summed E-state index contributed by atoms with van der Waals surface area (Å²) in [5.74, 6) is -0.511. The number of methoxy groups -OCH3 is 1. The van der Waals surface area contributed by atoms with Gasteiger partial charge in [-0.25, -0.2) is 13.2 Å². The number of nitrogens with zero attached hydrogens (tertiary/aromatic N) is 1. The van der Waals surface area contributed by atoms with E-state index in [1.54, 1.807) is 0 Å². The van der Waals surface area contributed by atoms with Crippen LogP contribution in [0, 0.1) is 0 Å². The van der Waals surface area contributed by atoms with Crippen LogP contribution in [0.25, 0.3) is 0 Å². The van der Waals surface area contributed by atoms with Gasteiger partial charge in [-0.15, -0.1) is 0 Å². The van der Waals surface area contributed by atoms with Crippen LogP contribution in [-0.2, 0) is 14.8 Å². The number of hydrogen-bond acceptors (Lipinski definition) is 5. The molecule has 0 amide bonds.